The number of amides is 1. The van der Waals surface area contributed by atoms with Crippen molar-refractivity contribution in [3.8, 4) is 11.5 Å². The van der Waals surface area contributed by atoms with Gasteiger partial charge in [-0.3, -0.25) is 4.79 Å². The minimum atomic E-state index is -0.181. The highest BCUT2D eigenvalue weighted by Crippen LogP contribution is 2.18. The molecule has 0 aliphatic carbocycles. The van der Waals surface area contributed by atoms with Crippen LogP contribution in [0.3, 0.4) is 0 Å². The molecule has 22 heavy (non-hydrogen) atoms. The van der Waals surface area contributed by atoms with Crippen LogP contribution in [0.2, 0.25) is 0 Å². The highest BCUT2D eigenvalue weighted by molar-refractivity contribution is 6.04. The number of hydrogen-bond acceptors (Lipinski definition) is 3. The molecule has 2 aromatic carbocycles. The number of carbonyl (C=O) groups excluding carboxylic acids is 1. The molecule has 0 radical (unpaired) electrons. The van der Waals surface area contributed by atoms with Crippen LogP contribution >= 0.6 is 0 Å². The number of rotatable bonds is 6. The molecule has 0 bridgehead atoms. The third-order valence-corrected chi connectivity index (χ3v) is 2.93. The Labute approximate surface area is 130 Å². The molecule has 0 fully saturated rings. The minimum Gasteiger partial charge on any atom is -0.497 e. The molecule has 1 N–H and O–H groups in total. The zero-order chi connectivity index (χ0) is 15.9. The maximum Gasteiger partial charge on any atom is 0.255 e. The summed E-state index contributed by atoms with van der Waals surface area (Å²) in [4.78, 5) is 12.2. The van der Waals surface area contributed by atoms with Crippen molar-refractivity contribution < 1.29 is 14.3 Å². The van der Waals surface area contributed by atoms with Crippen LogP contribution in [-0.4, -0.2) is 19.6 Å². The largest absolute Gasteiger partial charge is 0.497 e. The van der Waals surface area contributed by atoms with Crippen LogP contribution in [0.15, 0.2) is 60.7 Å². The van der Waals surface area contributed by atoms with Gasteiger partial charge in [-0.05, 0) is 48.9 Å². The van der Waals surface area contributed by atoms with E-state index < -0.39 is 0 Å². The van der Waals surface area contributed by atoms with Gasteiger partial charge in [-0.15, -0.1) is 0 Å². The van der Waals surface area contributed by atoms with Crippen LogP contribution in [0.4, 0.5) is 5.69 Å². The monoisotopic (exact) mass is 297 g/mol. The van der Waals surface area contributed by atoms with Gasteiger partial charge < -0.3 is 14.8 Å². The summed E-state index contributed by atoms with van der Waals surface area (Å²) in [6, 6.07) is 14.2. The Morgan fingerprint density at radius 1 is 1.14 bits per heavy atom. The van der Waals surface area contributed by atoms with E-state index in [4.69, 9.17) is 9.47 Å². The quantitative estimate of drug-likeness (QED) is 0.823. The van der Waals surface area contributed by atoms with Crippen molar-refractivity contribution in [2.45, 2.75) is 6.92 Å². The van der Waals surface area contributed by atoms with Gasteiger partial charge >= 0.3 is 0 Å². The zero-order valence-corrected chi connectivity index (χ0v) is 12.8. The van der Waals surface area contributed by atoms with E-state index in [1.54, 1.807) is 37.4 Å². The number of anilines is 1. The molecule has 114 valence electrons. The summed E-state index contributed by atoms with van der Waals surface area (Å²) < 4.78 is 10.6. The number of methoxy groups -OCH3 is 1. The van der Waals surface area contributed by atoms with Gasteiger partial charge in [0.15, 0.2) is 0 Å². The summed E-state index contributed by atoms with van der Waals surface area (Å²) in [5, 5.41) is 2.83. The Morgan fingerprint density at radius 2 is 1.86 bits per heavy atom. The van der Waals surface area contributed by atoms with Crippen molar-refractivity contribution in [2.75, 3.05) is 19.0 Å². The fourth-order valence-electron chi connectivity index (χ4n) is 1.81. The average Bonchev–Trinajstić information content (AvgIpc) is 2.53. The van der Waals surface area contributed by atoms with Crippen LogP contribution in [0.25, 0.3) is 0 Å². The van der Waals surface area contributed by atoms with E-state index in [1.165, 1.54) is 0 Å². The van der Waals surface area contributed by atoms with E-state index in [0.29, 0.717) is 29.4 Å². The molecule has 4 heteroatoms. The predicted octanol–water partition coefficient (Wildman–Crippen LogP) is 3.90. The molecule has 0 saturated carbocycles. The van der Waals surface area contributed by atoms with Crippen LogP contribution in [0.5, 0.6) is 11.5 Å². The zero-order valence-electron chi connectivity index (χ0n) is 12.8. The van der Waals surface area contributed by atoms with E-state index in [9.17, 15) is 4.79 Å². The number of ether oxygens (including phenoxy) is 2. The third kappa shape index (κ3) is 4.38. The predicted molar refractivity (Wildman–Crippen MR) is 87.7 cm³/mol. The summed E-state index contributed by atoms with van der Waals surface area (Å²) >= 11 is 0. The Hall–Kier alpha value is -2.75. The molecule has 2 rings (SSSR count). The highest BCUT2D eigenvalue weighted by Gasteiger charge is 2.07. The van der Waals surface area contributed by atoms with Gasteiger partial charge in [-0.25, -0.2) is 0 Å². The highest BCUT2D eigenvalue weighted by atomic mass is 16.5. The van der Waals surface area contributed by atoms with Crippen molar-refractivity contribution in [2.24, 2.45) is 0 Å². The molecule has 0 spiro atoms. The Kier molecular flexibility index (Phi) is 5.20. The molecule has 0 aliphatic heterocycles. The Bertz CT molecular complexity index is 662. The van der Waals surface area contributed by atoms with Crippen molar-refractivity contribution in [1.29, 1.82) is 0 Å². The first kappa shape index (κ1) is 15.6. The SMILES string of the molecule is C=C(C)COc1ccc(C(=O)Nc2cccc(OC)c2)cc1. The number of benzene rings is 2. The van der Waals surface area contributed by atoms with Gasteiger partial charge in [0.25, 0.3) is 5.91 Å². The summed E-state index contributed by atoms with van der Waals surface area (Å²) in [7, 11) is 1.59. The number of nitrogens with one attached hydrogen (secondary N) is 1. The van der Waals surface area contributed by atoms with Crippen LogP contribution < -0.4 is 14.8 Å². The van der Waals surface area contributed by atoms with Crippen molar-refractivity contribution in [1.82, 2.24) is 0 Å². The second kappa shape index (κ2) is 7.31. The number of hydrogen-bond donors (Lipinski definition) is 1. The van der Waals surface area contributed by atoms with E-state index >= 15 is 0 Å². The van der Waals surface area contributed by atoms with Crippen LogP contribution in [0.1, 0.15) is 17.3 Å². The average molecular weight is 297 g/mol. The second-order valence-corrected chi connectivity index (χ2v) is 4.96. The maximum atomic E-state index is 12.2. The summed E-state index contributed by atoms with van der Waals surface area (Å²) in [6.45, 7) is 6.14. The van der Waals surface area contributed by atoms with Gasteiger partial charge in [0.1, 0.15) is 18.1 Å². The first-order chi connectivity index (χ1) is 10.6. The Morgan fingerprint density at radius 3 is 2.50 bits per heavy atom. The summed E-state index contributed by atoms with van der Waals surface area (Å²) in [5.74, 6) is 1.22. The van der Waals surface area contributed by atoms with Gasteiger partial charge in [-0.1, -0.05) is 12.6 Å². The lowest BCUT2D eigenvalue weighted by atomic mass is 10.2. The molecule has 4 nitrogen and oxygen atoms in total. The molecule has 0 aliphatic rings. The second-order valence-electron chi connectivity index (χ2n) is 4.96. The molecule has 0 atom stereocenters. The van der Waals surface area contributed by atoms with E-state index in [1.807, 2.05) is 25.1 Å². The first-order valence-electron chi connectivity index (χ1n) is 6.91. The molecular weight excluding hydrogens is 278 g/mol. The summed E-state index contributed by atoms with van der Waals surface area (Å²) in [6.07, 6.45) is 0. The van der Waals surface area contributed by atoms with Gasteiger partial charge in [-0.2, -0.15) is 0 Å². The molecule has 0 unspecified atom stereocenters. The van der Waals surface area contributed by atoms with Crippen molar-refractivity contribution >= 4 is 11.6 Å². The lowest BCUT2D eigenvalue weighted by Crippen LogP contribution is -2.11. The first-order valence-corrected chi connectivity index (χ1v) is 6.91. The van der Waals surface area contributed by atoms with Crippen LogP contribution in [0, 0.1) is 0 Å². The standard InChI is InChI=1S/C18H19NO3/c1-13(2)12-22-16-9-7-14(8-10-16)18(20)19-15-5-4-6-17(11-15)21-3/h4-11H,1,12H2,2-3H3,(H,19,20). The maximum absolute atomic E-state index is 12.2. The molecule has 0 aromatic heterocycles. The fraction of sp³-hybridized carbons (Fsp3) is 0.167. The molecule has 0 saturated heterocycles. The normalized spacial score (nSPS) is 9.91. The minimum absolute atomic E-state index is 0.181. The number of carbonyl (C=O) groups is 1. The van der Waals surface area contributed by atoms with Gasteiger partial charge in [0.05, 0.1) is 7.11 Å². The lowest BCUT2D eigenvalue weighted by molar-refractivity contribution is 0.102. The van der Waals surface area contributed by atoms with E-state index in [2.05, 4.69) is 11.9 Å². The molecule has 2 aromatic rings. The lowest BCUT2D eigenvalue weighted by Gasteiger charge is -2.08. The van der Waals surface area contributed by atoms with Gasteiger partial charge in [0.2, 0.25) is 0 Å². The third-order valence-electron chi connectivity index (χ3n) is 2.93. The fourth-order valence-corrected chi connectivity index (χ4v) is 1.81. The topological polar surface area (TPSA) is 47.6 Å². The smallest absolute Gasteiger partial charge is 0.255 e. The van der Waals surface area contributed by atoms with E-state index in [-0.39, 0.29) is 5.91 Å². The van der Waals surface area contributed by atoms with Crippen molar-refractivity contribution in [3.05, 3.63) is 66.2 Å². The van der Waals surface area contributed by atoms with Crippen molar-refractivity contribution in [3.63, 3.8) is 0 Å². The van der Waals surface area contributed by atoms with E-state index in [0.717, 1.165) is 5.57 Å². The van der Waals surface area contributed by atoms with Crippen LogP contribution in [-0.2, 0) is 0 Å². The Balaban J connectivity index is 2.01. The van der Waals surface area contributed by atoms with Gasteiger partial charge in [0, 0.05) is 17.3 Å². The molecular formula is C18H19NO3. The summed E-state index contributed by atoms with van der Waals surface area (Å²) in [5.41, 5.74) is 2.19. The molecule has 1 amide bonds. The molecule has 0 heterocycles.